The fourth-order valence-corrected chi connectivity index (χ4v) is 1.58. The normalized spacial score (nSPS) is 10.1. The second kappa shape index (κ2) is 6.94. The molecule has 0 radical (unpaired) electrons. The van der Waals surface area contributed by atoms with Gasteiger partial charge < -0.3 is 9.64 Å². The van der Waals surface area contributed by atoms with Gasteiger partial charge in [0.1, 0.15) is 5.75 Å². The lowest BCUT2D eigenvalue weighted by Crippen LogP contribution is -2.27. The van der Waals surface area contributed by atoms with Gasteiger partial charge in [0.05, 0.1) is 6.61 Å². The van der Waals surface area contributed by atoms with Crippen molar-refractivity contribution in [3.05, 3.63) is 29.8 Å². The van der Waals surface area contributed by atoms with Crippen molar-refractivity contribution in [1.29, 1.82) is 0 Å². The summed E-state index contributed by atoms with van der Waals surface area (Å²) in [5.41, 5.74) is 0.715. The highest BCUT2D eigenvalue weighted by atomic mass is 16.5. The van der Waals surface area contributed by atoms with Gasteiger partial charge in [0, 0.05) is 19.2 Å². The summed E-state index contributed by atoms with van der Waals surface area (Å²) in [7, 11) is 1.84. The molecule has 0 aliphatic rings. The monoisotopic (exact) mass is 235 g/mol. The number of ether oxygens (including phenoxy) is 1. The van der Waals surface area contributed by atoms with Crippen LogP contribution in [0.4, 0.5) is 0 Å². The molecule has 1 amide bonds. The number of carbonyl (C=O) groups excluding carboxylic acids is 1. The van der Waals surface area contributed by atoms with E-state index in [0.717, 1.165) is 25.1 Å². The summed E-state index contributed by atoms with van der Waals surface area (Å²) in [6.07, 6.45) is 2.14. The summed E-state index contributed by atoms with van der Waals surface area (Å²) >= 11 is 0. The van der Waals surface area contributed by atoms with Crippen LogP contribution in [0.5, 0.6) is 5.75 Å². The van der Waals surface area contributed by atoms with Crippen LogP contribution < -0.4 is 4.74 Å². The molecule has 1 aromatic carbocycles. The van der Waals surface area contributed by atoms with Crippen LogP contribution in [-0.2, 0) is 0 Å². The Kier molecular flexibility index (Phi) is 5.53. The summed E-state index contributed by atoms with van der Waals surface area (Å²) in [5.74, 6) is 0.877. The summed E-state index contributed by atoms with van der Waals surface area (Å²) in [6.45, 7) is 5.51. The van der Waals surface area contributed by atoms with Crippen molar-refractivity contribution >= 4 is 5.91 Å². The molecule has 0 aromatic heterocycles. The molecule has 0 spiro atoms. The number of nitrogens with zero attached hydrogens (tertiary/aromatic N) is 1. The molecular weight excluding hydrogens is 214 g/mol. The molecule has 17 heavy (non-hydrogen) atoms. The Morgan fingerprint density at radius 2 is 1.88 bits per heavy atom. The molecule has 94 valence electrons. The predicted octanol–water partition coefficient (Wildman–Crippen LogP) is 2.96. The van der Waals surface area contributed by atoms with Crippen molar-refractivity contribution in [2.24, 2.45) is 0 Å². The number of hydrogen-bond donors (Lipinski definition) is 0. The zero-order chi connectivity index (χ0) is 12.7. The second-order valence-electron chi connectivity index (χ2n) is 4.04. The van der Waals surface area contributed by atoms with Crippen molar-refractivity contribution in [3.8, 4) is 5.75 Å². The van der Waals surface area contributed by atoms with Crippen LogP contribution in [0.15, 0.2) is 24.3 Å². The second-order valence-corrected chi connectivity index (χ2v) is 4.04. The maximum absolute atomic E-state index is 12.0. The first kappa shape index (κ1) is 13.6. The van der Waals surface area contributed by atoms with E-state index in [-0.39, 0.29) is 5.91 Å². The molecule has 0 N–H and O–H groups in total. The molecule has 0 aliphatic heterocycles. The smallest absolute Gasteiger partial charge is 0.253 e. The highest BCUT2D eigenvalue weighted by Gasteiger charge is 2.10. The minimum absolute atomic E-state index is 0.0708. The zero-order valence-electron chi connectivity index (χ0n) is 10.9. The van der Waals surface area contributed by atoms with Crippen LogP contribution >= 0.6 is 0 Å². The molecule has 0 saturated carbocycles. The van der Waals surface area contributed by atoms with E-state index in [0.29, 0.717) is 12.2 Å². The third kappa shape index (κ3) is 4.10. The number of amides is 1. The Balaban J connectivity index is 2.62. The molecule has 3 nitrogen and oxygen atoms in total. The molecule has 0 aliphatic carbocycles. The largest absolute Gasteiger partial charge is 0.494 e. The maximum atomic E-state index is 12.0. The van der Waals surface area contributed by atoms with Gasteiger partial charge in [-0.25, -0.2) is 0 Å². The molecule has 0 saturated heterocycles. The van der Waals surface area contributed by atoms with E-state index in [4.69, 9.17) is 4.74 Å². The number of benzene rings is 1. The van der Waals surface area contributed by atoms with Crippen LogP contribution in [0.3, 0.4) is 0 Å². The summed E-state index contributed by atoms with van der Waals surface area (Å²) in [4.78, 5) is 13.8. The van der Waals surface area contributed by atoms with E-state index in [1.807, 2.05) is 38.2 Å². The number of rotatable bonds is 6. The molecule has 0 fully saturated rings. The summed E-state index contributed by atoms with van der Waals surface area (Å²) in [5, 5.41) is 0. The standard InChI is InChI=1S/C14H21NO2/c1-4-6-11-15(3)14(16)12-7-9-13(10-8-12)17-5-2/h7-10H,4-6,11H2,1-3H3. The molecule has 0 unspecified atom stereocenters. The minimum atomic E-state index is 0.0708. The van der Waals surface area contributed by atoms with Crippen molar-refractivity contribution in [3.63, 3.8) is 0 Å². The van der Waals surface area contributed by atoms with Crippen LogP contribution in [0.25, 0.3) is 0 Å². The van der Waals surface area contributed by atoms with Gasteiger partial charge in [-0.2, -0.15) is 0 Å². The molecule has 0 bridgehead atoms. The van der Waals surface area contributed by atoms with Crippen molar-refractivity contribution < 1.29 is 9.53 Å². The SMILES string of the molecule is CCCCN(C)C(=O)c1ccc(OCC)cc1. The third-order valence-electron chi connectivity index (χ3n) is 2.61. The molecule has 0 atom stereocenters. The Bertz CT molecular complexity index is 346. The summed E-state index contributed by atoms with van der Waals surface area (Å²) < 4.78 is 5.34. The molecule has 0 heterocycles. The van der Waals surface area contributed by atoms with Gasteiger partial charge in [0.25, 0.3) is 5.91 Å². The van der Waals surface area contributed by atoms with Gasteiger partial charge in [-0.1, -0.05) is 13.3 Å². The van der Waals surface area contributed by atoms with Crippen LogP contribution in [0, 0.1) is 0 Å². The zero-order valence-corrected chi connectivity index (χ0v) is 10.9. The lowest BCUT2D eigenvalue weighted by atomic mass is 10.2. The van der Waals surface area contributed by atoms with Gasteiger partial charge in [-0.05, 0) is 37.6 Å². The number of unbranched alkanes of at least 4 members (excludes halogenated alkanes) is 1. The van der Waals surface area contributed by atoms with E-state index >= 15 is 0 Å². The van der Waals surface area contributed by atoms with E-state index in [1.54, 1.807) is 4.90 Å². The highest BCUT2D eigenvalue weighted by molar-refractivity contribution is 5.94. The van der Waals surface area contributed by atoms with Crippen molar-refractivity contribution in [2.75, 3.05) is 20.2 Å². The van der Waals surface area contributed by atoms with Crippen LogP contribution in [-0.4, -0.2) is 31.0 Å². The Labute approximate surface area is 103 Å². The first-order valence-electron chi connectivity index (χ1n) is 6.17. The quantitative estimate of drug-likeness (QED) is 0.758. The highest BCUT2D eigenvalue weighted by Crippen LogP contribution is 2.13. The Hall–Kier alpha value is -1.51. The van der Waals surface area contributed by atoms with Gasteiger partial charge in [-0.3, -0.25) is 4.79 Å². The van der Waals surface area contributed by atoms with Gasteiger partial charge in [-0.15, -0.1) is 0 Å². The van der Waals surface area contributed by atoms with Crippen LogP contribution in [0.2, 0.25) is 0 Å². The first-order chi connectivity index (χ1) is 8.19. The first-order valence-corrected chi connectivity index (χ1v) is 6.17. The van der Waals surface area contributed by atoms with E-state index < -0.39 is 0 Å². The Morgan fingerprint density at radius 3 is 2.41 bits per heavy atom. The average Bonchev–Trinajstić information content (AvgIpc) is 2.36. The van der Waals surface area contributed by atoms with E-state index in [2.05, 4.69) is 6.92 Å². The topological polar surface area (TPSA) is 29.5 Å². The molecule has 3 heteroatoms. The Morgan fingerprint density at radius 1 is 1.24 bits per heavy atom. The minimum Gasteiger partial charge on any atom is -0.494 e. The van der Waals surface area contributed by atoms with Crippen molar-refractivity contribution in [1.82, 2.24) is 4.90 Å². The number of carbonyl (C=O) groups is 1. The van der Waals surface area contributed by atoms with E-state index in [1.165, 1.54) is 0 Å². The van der Waals surface area contributed by atoms with Crippen LogP contribution in [0.1, 0.15) is 37.0 Å². The molecular formula is C14H21NO2. The average molecular weight is 235 g/mol. The van der Waals surface area contributed by atoms with Crippen molar-refractivity contribution in [2.45, 2.75) is 26.7 Å². The number of hydrogen-bond acceptors (Lipinski definition) is 2. The fraction of sp³-hybridized carbons (Fsp3) is 0.500. The van der Waals surface area contributed by atoms with Gasteiger partial charge in [0.15, 0.2) is 0 Å². The maximum Gasteiger partial charge on any atom is 0.253 e. The van der Waals surface area contributed by atoms with E-state index in [9.17, 15) is 4.79 Å². The van der Waals surface area contributed by atoms with Gasteiger partial charge in [0.2, 0.25) is 0 Å². The predicted molar refractivity (Wildman–Crippen MR) is 69.5 cm³/mol. The summed E-state index contributed by atoms with van der Waals surface area (Å²) in [6, 6.07) is 7.31. The molecule has 1 aromatic rings. The lowest BCUT2D eigenvalue weighted by Gasteiger charge is -2.16. The third-order valence-corrected chi connectivity index (χ3v) is 2.61. The van der Waals surface area contributed by atoms with Gasteiger partial charge >= 0.3 is 0 Å². The molecule has 1 rings (SSSR count). The lowest BCUT2D eigenvalue weighted by molar-refractivity contribution is 0.0793. The fourth-order valence-electron chi connectivity index (χ4n) is 1.58.